The van der Waals surface area contributed by atoms with E-state index in [1.165, 1.54) is 11.1 Å². The Balaban J connectivity index is 2.21. The molecule has 19 heavy (non-hydrogen) atoms. The number of nitrogens with one attached hydrogen (secondary N) is 1. The summed E-state index contributed by atoms with van der Waals surface area (Å²) in [7, 11) is 0. The quantitative estimate of drug-likeness (QED) is 0.874. The second-order valence-corrected chi connectivity index (χ2v) is 5.60. The molecule has 0 bridgehead atoms. The Morgan fingerprint density at radius 1 is 1.26 bits per heavy atom. The SMILES string of the molecule is CCNC(Cc1ccncc1)c1ccc(Cl)c(Br)c1. The van der Waals surface area contributed by atoms with Gasteiger partial charge in [0, 0.05) is 22.9 Å². The van der Waals surface area contributed by atoms with Crippen LogP contribution in [-0.4, -0.2) is 11.5 Å². The van der Waals surface area contributed by atoms with E-state index >= 15 is 0 Å². The summed E-state index contributed by atoms with van der Waals surface area (Å²) in [6.07, 6.45) is 4.59. The van der Waals surface area contributed by atoms with Crippen molar-refractivity contribution in [2.24, 2.45) is 0 Å². The number of likely N-dealkylation sites (N-methyl/N-ethyl adjacent to an activating group) is 1. The minimum Gasteiger partial charge on any atom is -0.310 e. The molecule has 0 aliphatic carbocycles. The highest BCUT2D eigenvalue weighted by Crippen LogP contribution is 2.27. The Morgan fingerprint density at radius 3 is 2.63 bits per heavy atom. The van der Waals surface area contributed by atoms with E-state index in [1.54, 1.807) is 0 Å². The highest BCUT2D eigenvalue weighted by atomic mass is 79.9. The summed E-state index contributed by atoms with van der Waals surface area (Å²) in [5.41, 5.74) is 2.50. The average Bonchev–Trinajstić information content (AvgIpc) is 2.43. The molecule has 0 radical (unpaired) electrons. The van der Waals surface area contributed by atoms with Crippen LogP contribution >= 0.6 is 27.5 Å². The van der Waals surface area contributed by atoms with Crippen molar-refractivity contribution in [2.75, 3.05) is 6.54 Å². The summed E-state index contributed by atoms with van der Waals surface area (Å²) >= 11 is 9.53. The molecule has 1 aromatic heterocycles. The molecule has 1 aromatic carbocycles. The number of hydrogen-bond donors (Lipinski definition) is 1. The van der Waals surface area contributed by atoms with Gasteiger partial charge >= 0.3 is 0 Å². The molecule has 0 aliphatic heterocycles. The number of rotatable bonds is 5. The lowest BCUT2D eigenvalue weighted by atomic mass is 9.99. The lowest BCUT2D eigenvalue weighted by molar-refractivity contribution is 0.549. The van der Waals surface area contributed by atoms with Crippen LogP contribution in [0.25, 0.3) is 0 Å². The summed E-state index contributed by atoms with van der Waals surface area (Å²) in [6, 6.07) is 10.5. The summed E-state index contributed by atoms with van der Waals surface area (Å²) in [4.78, 5) is 4.05. The van der Waals surface area contributed by atoms with Crippen LogP contribution in [0.2, 0.25) is 5.02 Å². The molecule has 0 saturated heterocycles. The predicted molar refractivity (Wildman–Crippen MR) is 83.5 cm³/mol. The van der Waals surface area contributed by atoms with E-state index in [-0.39, 0.29) is 6.04 Å². The first-order chi connectivity index (χ1) is 9.20. The van der Waals surface area contributed by atoms with Crippen LogP contribution in [0.3, 0.4) is 0 Å². The summed E-state index contributed by atoms with van der Waals surface area (Å²) < 4.78 is 0.935. The van der Waals surface area contributed by atoms with Gasteiger partial charge in [-0.3, -0.25) is 4.98 Å². The van der Waals surface area contributed by atoms with E-state index in [9.17, 15) is 0 Å². The van der Waals surface area contributed by atoms with Crippen LogP contribution in [0.1, 0.15) is 24.1 Å². The molecule has 1 heterocycles. The topological polar surface area (TPSA) is 24.9 Å². The number of pyridine rings is 1. The van der Waals surface area contributed by atoms with Gasteiger partial charge in [0.15, 0.2) is 0 Å². The molecule has 1 atom stereocenters. The largest absolute Gasteiger partial charge is 0.310 e. The molecule has 2 aromatic rings. The second-order valence-electron chi connectivity index (χ2n) is 4.34. The van der Waals surface area contributed by atoms with Crippen molar-refractivity contribution in [3.8, 4) is 0 Å². The molecule has 0 saturated carbocycles. The van der Waals surface area contributed by atoms with Gasteiger partial charge in [0.2, 0.25) is 0 Å². The highest BCUT2D eigenvalue weighted by Gasteiger charge is 2.12. The standard InChI is InChI=1S/C15H16BrClN2/c1-2-19-15(9-11-5-7-18-8-6-11)12-3-4-14(17)13(16)10-12/h3-8,10,15,19H,2,9H2,1H3. The van der Waals surface area contributed by atoms with Crippen molar-refractivity contribution in [2.45, 2.75) is 19.4 Å². The smallest absolute Gasteiger partial charge is 0.0548 e. The average molecular weight is 340 g/mol. The zero-order chi connectivity index (χ0) is 13.7. The van der Waals surface area contributed by atoms with Gasteiger partial charge in [0.25, 0.3) is 0 Å². The van der Waals surface area contributed by atoms with E-state index < -0.39 is 0 Å². The Labute approximate surface area is 127 Å². The monoisotopic (exact) mass is 338 g/mol. The number of halogens is 2. The van der Waals surface area contributed by atoms with Crippen LogP contribution in [-0.2, 0) is 6.42 Å². The normalized spacial score (nSPS) is 12.4. The minimum absolute atomic E-state index is 0.279. The lowest BCUT2D eigenvalue weighted by Crippen LogP contribution is -2.23. The number of nitrogens with zero attached hydrogens (tertiary/aromatic N) is 1. The van der Waals surface area contributed by atoms with E-state index in [0.29, 0.717) is 0 Å². The second kappa shape index (κ2) is 7.04. The van der Waals surface area contributed by atoms with Crippen molar-refractivity contribution in [3.63, 3.8) is 0 Å². The van der Waals surface area contributed by atoms with Crippen LogP contribution in [0.5, 0.6) is 0 Å². The third-order valence-corrected chi connectivity index (χ3v) is 4.20. The van der Waals surface area contributed by atoms with E-state index in [2.05, 4.69) is 57.4 Å². The molecule has 0 aliphatic rings. The molecule has 100 valence electrons. The molecule has 1 N–H and O–H groups in total. The Hall–Kier alpha value is -0.900. The van der Waals surface area contributed by atoms with Crippen molar-refractivity contribution < 1.29 is 0 Å². The predicted octanol–water partition coefficient (Wildman–Crippen LogP) is 4.39. The van der Waals surface area contributed by atoms with Gasteiger partial charge in [-0.05, 0) is 64.3 Å². The first-order valence-corrected chi connectivity index (χ1v) is 7.45. The molecular weight excluding hydrogens is 324 g/mol. The fraction of sp³-hybridized carbons (Fsp3) is 0.267. The van der Waals surface area contributed by atoms with Gasteiger partial charge in [-0.25, -0.2) is 0 Å². The van der Waals surface area contributed by atoms with Crippen LogP contribution < -0.4 is 5.32 Å². The third-order valence-electron chi connectivity index (χ3n) is 2.99. The molecule has 0 fully saturated rings. The Morgan fingerprint density at radius 2 is 2.00 bits per heavy atom. The Kier molecular flexibility index (Phi) is 5.37. The summed E-state index contributed by atoms with van der Waals surface area (Å²) in [5, 5.41) is 4.25. The minimum atomic E-state index is 0.279. The zero-order valence-corrected chi connectivity index (χ0v) is 13.1. The number of hydrogen-bond acceptors (Lipinski definition) is 2. The fourth-order valence-electron chi connectivity index (χ4n) is 2.04. The van der Waals surface area contributed by atoms with E-state index in [0.717, 1.165) is 22.5 Å². The van der Waals surface area contributed by atoms with Gasteiger partial charge in [0.1, 0.15) is 0 Å². The van der Waals surface area contributed by atoms with Crippen molar-refractivity contribution in [1.82, 2.24) is 10.3 Å². The molecule has 0 spiro atoms. The zero-order valence-electron chi connectivity index (χ0n) is 10.7. The first-order valence-electron chi connectivity index (χ1n) is 6.28. The van der Waals surface area contributed by atoms with Crippen LogP contribution in [0, 0.1) is 0 Å². The van der Waals surface area contributed by atoms with Crippen LogP contribution in [0.15, 0.2) is 47.2 Å². The summed E-state index contributed by atoms with van der Waals surface area (Å²) in [6.45, 7) is 3.04. The molecule has 2 nitrogen and oxygen atoms in total. The number of benzene rings is 1. The van der Waals surface area contributed by atoms with Crippen molar-refractivity contribution in [1.29, 1.82) is 0 Å². The maximum atomic E-state index is 6.05. The molecule has 4 heteroatoms. The Bertz CT molecular complexity index is 531. The molecule has 0 amide bonds. The van der Waals surface area contributed by atoms with Gasteiger partial charge in [-0.2, -0.15) is 0 Å². The maximum absolute atomic E-state index is 6.05. The van der Waals surface area contributed by atoms with Crippen molar-refractivity contribution >= 4 is 27.5 Å². The molecular formula is C15H16BrClN2. The van der Waals surface area contributed by atoms with Crippen LogP contribution in [0.4, 0.5) is 0 Å². The fourth-order valence-corrected chi connectivity index (χ4v) is 2.55. The van der Waals surface area contributed by atoms with Gasteiger partial charge in [0.05, 0.1) is 5.02 Å². The van der Waals surface area contributed by atoms with Gasteiger partial charge in [-0.15, -0.1) is 0 Å². The highest BCUT2D eigenvalue weighted by molar-refractivity contribution is 9.10. The molecule has 1 unspecified atom stereocenters. The third kappa shape index (κ3) is 4.03. The summed E-state index contributed by atoms with van der Waals surface area (Å²) in [5.74, 6) is 0. The van der Waals surface area contributed by atoms with E-state index in [4.69, 9.17) is 11.6 Å². The van der Waals surface area contributed by atoms with E-state index in [1.807, 2.05) is 18.5 Å². The maximum Gasteiger partial charge on any atom is 0.0548 e. The van der Waals surface area contributed by atoms with Gasteiger partial charge < -0.3 is 5.32 Å². The first kappa shape index (κ1) is 14.5. The lowest BCUT2D eigenvalue weighted by Gasteiger charge is -2.19. The van der Waals surface area contributed by atoms with Gasteiger partial charge in [-0.1, -0.05) is 24.6 Å². The molecule has 2 rings (SSSR count). The number of aromatic nitrogens is 1. The van der Waals surface area contributed by atoms with Crippen molar-refractivity contribution in [3.05, 3.63) is 63.3 Å².